The molecular weight excluding hydrogens is 510 g/mol. The topological polar surface area (TPSA) is 95.1 Å². The molecule has 0 radical (unpaired) electrons. The maximum atomic E-state index is 13.6. The molecule has 198 valence electrons. The molecule has 0 aromatic heterocycles. The molecular formula is C24H38ClN3O5S2. The second-order valence-corrected chi connectivity index (χ2v) is 14.3. The number of halogens is 1. The van der Waals surface area contributed by atoms with Crippen molar-refractivity contribution in [3.8, 4) is 0 Å². The van der Waals surface area contributed by atoms with Gasteiger partial charge < -0.3 is 0 Å². The number of fused-ring (bicyclic) bond motifs is 1. The Morgan fingerprint density at radius 2 is 1.54 bits per heavy atom. The van der Waals surface area contributed by atoms with Gasteiger partial charge in [-0.3, -0.25) is 9.69 Å². The van der Waals surface area contributed by atoms with Crippen LogP contribution in [0.4, 0.5) is 0 Å². The number of benzene rings is 1. The van der Waals surface area contributed by atoms with Gasteiger partial charge in [0.05, 0.1) is 29.2 Å². The van der Waals surface area contributed by atoms with E-state index in [0.717, 1.165) is 22.7 Å². The third-order valence-corrected chi connectivity index (χ3v) is 11.0. The average Bonchev–Trinajstić information content (AvgIpc) is 3.27. The highest BCUT2D eigenvalue weighted by Gasteiger charge is 2.59. The zero-order valence-electron chi connectivity index (χ0n) is 21.1. The van der Waals surface area contributed by atoms with E-state index in [0.29, 0.717) is 18.5 Å². The SMILES string of the molecule is CC(C)[C@H]1C(=O)N(S(C)(=O)=O)[C@H]2CCN(S(=O)(=O)c3ccc(CN4C(C)CCCC4C)cc3)[C@H]12.Cl. The normalized spacial score (nSPS) is 30.5. The second-order valence-electron chi connectivity index (χ2n) is 10.6. The van der Waals surface area contributed by atoms with Gasteiger partial charge in [0.1, 0.15) is 0 Å². The predicted molar refractivity (Wildman–Crippen MR) is 138 cm³/mol. The Kier molecular flexibility index (Phi) is 8.33. The van der Waals surface area contributed by atoms with Crippen molar-refractivity contribution in [1.82, 2.24) is 13.5 Å². The lowest BCUT2D eigenvalue weighted by Crippen LogP contribution is -2.44. The highest BCUT2D eigenvalue weighted by atomic mass is 35.5. The van der Waals surface area contributed by atoms with Gasteiger partial charge in [0.15, 0.2) is 0 Å². The van der Waals surface area contributed by atoms with E-state index < -0.39 is 44.0 Å². The molecule has 1 amide bonds. The first-order chi connectivity index (χ1) is 15.8. The van der Waals surface area contributed by atoms with E-state index in [1.54, 1.807) is 12.1 Å². The minimum Gasteiger partial charge on any atom is -0.294 e. The van der Waals surface area contributed by atoms with Crippen molar-refractivity contribution >= 4 is 38.4 Å². The third-order valence-electron chi connectivity index (χ3n) is 7.89. The summed E-state index contributed by atoms with van der Waals surface area (Å²) in [5, 5.41) is 0. The fourth-order valence-corrected chi connectivity index (χ4v) is 9.03. The van der Waals surface area contributed by atoms with Crippen LogP contribution >= 0.6 is 12.4 Å². The summed E-state index contributed by atoms with van der Waals surface area (Å²) in [6, 6.07) is 6.71. The van der Waals surface area contributed by atoms with Gasteiger partial charge in [-0.1, -0.05) is 32.4 Å². The van der Waals surface area contributed by atoms with Crippen molar-refractivity contribution in [2.24, 2.45) is 11.8 Å². The van der Waals surface area contributed by atoms with E-state index in [4.69, 9.17) is 0 Å². The van der Waals surface area contributed by atoms with Crippen LogP contribution in [0.1, 0.15) is 58.9 Å². The number of piperidine rings is 1. The molecule has 0 spiro atoms. The van der Waals surface area contributed by atoms with Crippen LogP contribution in [0.15, 0.2) is 29.2 Å². The second kappa shape index (κ2) is 10.3. The monoisotopic (exact) mass is 547 g/mol. The van der Waals surface area contributed by atoms with Gasteiger partial charge in [-0.25, -0.2) is 21.1 Å². The molecule has 8 nitrogen and oxygen atoms in total. The van der Waals surface area contributed by atoms with E-state index in [2.05, 4.69) is 18.7 Å². The van der Waals surface area contributed by atoms with Gasteiger partial charge in [-0.2, -0.15) is 4.31 Å². The standard InChI is InChI=1S/C24H37N3O5S2.ClH/c1-16(2)22-23-21(27(24(22)28)33(5,29)30)13-14-26(23)34(31,32)20-11-9-19(10-12-20)15-25-17(3)7-6-8-18(25)4;/h9-12,16-18,21-23H,6-8,13-15H2,1-5H3;1H/t17?,18?,21-,22+,23-;/m0./s1. The van der Waals surface area contributed by atoms with E-state index in [9.17, 15) is 21.6 Å². The summed E-state index contributed by atoms with van der Waals surface area (Å²) < 4.78 is 54.3. The fraction of sp³-hybridized carbons (Fsp3) is 0.708. The molecule has 35 heavy (non-hydrogen) atoms. The van der Waals surface area contributed by atoms with Crippen molar-refractivity contribution in [2.45, 2.75) is 89.0 Å². The molecule has 3 fully saturated rings. The van der Waals surface area contributed by atoms with Crippen LogP contribution < -0.4 is 0 Å². The quantitative estimate of drug-likeness (QED) is 0.543. The van der Waals surface area contributed by atoms with Gasteiger partial charge in [-0.15, -0.1) is 12.4 Å². The molecule has 1 aromatic carbocycles. The highest BCUT2D eigenvalue weighted by Crippen LogP contribution is 2.43. The number of rotatable bonds is 6. The Morgan fingerprint density at radius 1 is 0.971 bits per heavy atom. The molecule has 1 aromatic rings. The number of hydrogen-bond donors (Lipinski definition) is 0. The van der Waals surface area contributed by atoms with E-state index >= 15 is 0 Å². The van der Waals surface area contributed by atoms with Crippen LogP contribution in [0, 0.1) is 11.8 Å². The minimum atomic E-state index is -3.88. The van der Waals surface area contributed by atoms with Crippen LogP contribution in [-0.4, -0.2) is 73.2 Å². The van der Waals surface area contributed by atoms with Gasteiger partial charge >= 0.3 is 0 Å². The number of likely N-dealkylation sites (tertiary alicyclic amines) is 1. The first-order valence-electron chi connectivity index (χ1n) is 12.2. The molecule has 3 saturated heterocycles. The molecule has 11 heteroatoms. The maximum Gasteiger partial charge on any atom is 0.243 e. The molecule has 0 bridgehead atoms. The Bertz CT molecular complexity index is 1130. The van der Waals surface area contributed by atoms with E-state index in [1.807, 2.05) is 26.0 Å². The molecule has 3 aliphatic rings. The van der Waals surface area contributed by atoms with E-state index in [1.165, 1.54) is 23.6 Å². The van der Waals surface area contributed by atoms with Gasteiger partial charge in [0, 0.05) is 25.2 Å². The van der Waals surface area contributed by atoms with Crippen LogP contribution in [0.5, 0.6) is 0 Å². The summed E-state index contributed by atoms with van der Waals surface area (Å²) in [6.45, 7) is 9.14. The maximum absolute atomic E-state index is 13.6. The third kappa shape index (κ3) is 5.14. The van der Waals surface area contributed by atoms with Crippen molar-refractivity contribution < 1.29 is 21.6 Å². The number of amides is 1. The molecule has 0 saturated carbocycles. The lowest BCUT2D eigenvalue weighted by atomic mass is 9.89. The van der Waals surface area contributed by atoms with Crippen LogP contribution in [0.2, 0.25) is 0 Å². The number of carbonyl (C=O) groups excluding carboxylic acids is 1. The minimum absolute atomic E-state index is 0. The summed E-state index contributed by atoms with van der Waals surface area (Å²) in [5.41, 5.74) is 1.07. The first kappa shape index (κ1) is 28.4. The lowest BCUT2D eigenvalue weighted by Gasteiger charge is -2.39. The van der Waals surface area contributed by atoms with Gasteiger partial charge in [-0.05, 0) is 56.7 Å². The zero-order chi connectivity index (χ0) is 25.0. The molecule has 3 aliphatic heterocycles. The molecule has 0 aliphatic carbocycles. The largest absolute Gasteiger partial charge is 0.294 e. The molecule has 0 N–H and O–H groups in total. The summed E-state index contributed by atoms with van der Waals surface area (Å²) >= 11 is 0. The zero-order valence-corrected chi connectivity index (χ0v) is 23.6. The van der Waals surface area contributed by atoms with Crippen LogP contribution in [0.25, 0.3) is 0 Å². The summed E-state index contributed by atoms with van der Waals surface area (Å²) in [5.74, 6) is -1.36. The fourth-order valence-electron chi connectivity index (χ4n) is 6.17. The number of hydrogen-bond acceptors (Lipinski definition) is 6. The summed E-state index contributed by atoms with van der Waals surface area (Å²) in [7, 11) is -7.65. The predicted octanol–water partition coefficient (Wildman–Crippen LogP) is 3.08. The molecule has 5 atom stereocenters. The Morgan fingerprint density at radius 3 is 2.06 bits per heavy atom. The summed E-state index contributed by atoms with van der Waals surface area (Å²) in [4.78, 5) is 15.7. The van der Waals surface area contributed by atoms with Crippen LogP contribution in [-0.2, 0) is 31.4 Å². The summed E-state index contributed by atoms with van der Waals surface area (Å²) in [6.07, 6.45) is 4.92. The van der Waals surface area contributed by atoms with Crippen molar-refractivity contribution in [2.75, 3.05) is 12.8 Å². The van der Waals surface area contributed by atoms with Crippen molar-refractivity contribution in [1.29, 1.82) is 0 Å². The molecule has 4 rings (SSSR count). The van der Waals surface area contributed by atoms with E-state index in [-0.39, 0.29) is 29.8 Å². The lowest BCUT2D eigenvalue weighted by molar-refractivity contribution is -0.129. The molecule has 3 heterocycles. The highest BCUT2D eigenvalue weighted by molar-refractivity contribution is 7.89. The number of nitrogens with zero attached hydrogens (tertiary/aromatic N) is 3. The Balaban J connectivity index is 0.00000342. The van der Waals surface area contributed by atoms with Crippen molar-refractivity contribution in [3.63, 3.8) is 0 Å². The number of carbonyl (C=O) groups is 1. The van der Waals surface area contributed by atoms with Crippen LogP contribution in [0.3, 0.4) is 0 Å². The Labute approximate surface area is 216 Å². The Hall–Kier alpha value is -1.20. The molecule has 2 unspecified atom stereocenters. The average molecular weight is 548 g/mol. The first-order valence-corrected chi connectivity index (χ1v) is 15.5. The van der Waals surface area contributed by atoms with Gasteiger partial charge in [0.25, 0.3) is 0 Å². The number of sulfonamides is 2. The smallest absolute Gasteiger partial charge is 0.243 e. The van der Waals surface area contributed by atoms with Gasteiger partial charge in [0.2, 0.25) is 26.0 Å². The van der Waals surface area contributed by atoms with Crippen molar-refractivity contribution in [3.05, 3.63) is 29.8 Å².